The molecule has 1 radical (unpaired) electrons. The molecular formula is C3H5O. The second-order valence-electron chi connectivity index (χ2n) is 0.977. The van der Waals surface area contributed by atoms with Crippen molar-refractivity contribution in [3.05, 3.63) is 6.61 Å². The summed E-state index contributed by atoms with van der Waals surface area (Å²) < 4.78 is 4.58. The van der Waals surface area contributed by atoms with Crippen LogP contribution in [0, 0.1) is 6.61 Å². The van der Waals surface area contributed by atoms with Crippen molar-refractivity contribution in [1.29, 1.82) is 0 Å². The van der Waals surface area contributed by atoms with Crippen molar-refractivity contribution in [2.24, 2.45) is 0 Å². The molecule has 1 fully saturated rings. The van der Waals surface area contributed by atoms with Crippen LogP contribution in [0.2, 0.25) is 0 Å². The lowest BCUT2D eigenvalue weighted by Gasteiger charge is -1.50. The highest BCUT2D eigenvalue weighted by atomic mass is 16.6. The van der Waals surface area contributed by atoms with E-state index in [0.29, 0.717) is 6.10 Å². The van der Waals surface area contributed by atoms with Crippen molar-refractivity contribution in [3.8, 4) is 0 Å². The molecule has 0 aromatic carbocycles. The van der Waals surface area contributed by atoms with E-state index in [9.17, 15) is 0 Å². The maximum atomic E-state index is 4.58. The summed E-state index contributed by atoms with van der Waals surface area (Å²) in [4.78, 5) is 0. The molecule has 0 saturated carbocycles. The lowest BCUT2D eigenvalue weighted by Crippen LogP contribution is -1.57. The molecule has 0 aromatic rings. The van der Waals surface area contributed by atoms with Gasteiger partial charge in [-0.1, -0.05) is 0 Å². The molecular weight excluding hydrogens is 52.0 g/mol. The summed E-state index contributed by atoms with van der Waals surface area (Å²) in [6.45, 7) is 3.79. The molecule has 0 unspecified atom stereocenters. The molecule has 0 bridgehead atoms. The van der Waals surface area contributed by atoms with Gasteiger partial charge in [-0.25, -0.2) is 0 Å². The van der Waals surface area contributed by atoms with Crippen LogP contribution in [-0.4, -0.2) is 6.10 Å². The van der Waals surface area contributed by atoms with Gasteiger partial charge in [0.1, 0.15) is 6.61 Å². The molecule has 1 atom stereocenters. The third-order valence-corrected chi connectivity index (χ3v) is 0.408. The summed E-state index contributed by atoms with van der Waals surface area (Å²) in [6.07, 6.45) is 0.458. The largest absolute Gasteiger partial charge is 0.367 e. The van der Waals surface area contributed by atoms with Gasteiger partial charge in [-0.05, 0) is 6.92 Å². The van der Waals surface area contributed by atoms with E-state index in [0.717, 1.165) is 0 Å². The second-order valence-corrected chi connectivity index (χ2v) is 0.977. The Morgan fingerprint density at radius 3 is 2.25 bits per heavy atom. The van der Waals surface area contributed by atoms with Crippen molar-refractivity contribution in [3.63, 3.8) is 0 Å². The lowest BCUT2D eigenvalue weighted by molar-refractivity contribution is 0.442. The molecule has 1 aliphatic rings. The minimum absolute atomic E-state index is 0.458. The number of rotatable bonds is 0. The van der Waals surface area contributed by atoms with Gasteiger partial charge in [0.25, 0.3) is 0 Å². The molecule has 23 valence electrons. The first-order valence-electron chi connectivity index (χ1n) is 1.38. The van der Waals surface area contributed by atoms with Crippen LogP contribution in [0.1, 0.15) is 6.92 Å². The molecule has 4 heavy (non-hydrogen) atoms. The van der Waals surface area contributed by atoms with Crippen molar-refractivity contribution < 1.29 is 4.74 Å². The fourth-order valence-corrected chi connectivity index (χ4v) is 0.0786. The van der Waals surface area contributed by atoms with Crippen LogP contribution in [0.25, 0.3) is 0 Å². The third kappa shape index (κ3) is 0.206. The Morgan fingerprint density at radius 2 is 2.25 bits per heavy atom. The van der Waals surface area contributed by atoms with E-state index in [4.69, 9.17) is 0 Å². The summed E-state index contributed by atoms with van der Waals surface area (Å²) in [5.74, 6) is 0. The molecule has 1 aliphatic heterocycles. The second kappa shape index (κ2) is 0.462. The average Bonchev–Trinajstić information content (AvgIpc) is 1.75. The SMILES string of the molecule is C[C@H]1[CH]O1. The van der Waals surface area contributed by atoms with Gasteiger partial charge in [-0.3, -0.25) is 0 Å². The van der Waals surface area contributed by atoms with E-state index in [-0.39, 0.29) is 0 Å². The summed E-state index contributed by atoms with van der Waals surface area (Å²) in [7, 11) is 0. The number of ether oxygens (including phenoxy) is 1. The van der Waals surface area contributed by atoms with Gasteiger partial charge in [0.15, 0.2) is 0 Å². The van der Waals surface area contributed by atoms with Crippen LogP contribution in [-0.2, 0) is 4.74 Å². The zero-order chi connectivity index (χ0) is 2.99. The minimum atomic E-state index is 0.458. The summed E-state index contributed by atoms with van der Waals surface area (Å²) >= 11 is 0. The quantitative estimate of drug-likeness (QED) is 0.370. The van der Waals surface area contributed by atoms with Gasteiger partial charge in [-0.2, -0.15) is 0 Å². The standard InChI is InChI=1S/C3H5O/c1-3-2-4-3/h2-3H,1H3/t3-/m0/s1. The zero-order valence-electron chi connectivity index (χ0n) is 2.56. The van der Waals surface area contributed by atoms with Crippen LogP contribution in [0.5, 0.6) is 0 Å². The minimum Gasteiger partial charge on any atom is -0.367 e. The highest BCUT2D eigenvalue weighted by Gasteiger charge is 2.14. The lowest BCUT2D eigenvalue weighted by atomic mass is 10.6. The van der Waals surface area contributed by atoms with Crippen LogP contribution in [0.3, 0.4) is 0 Å². The van der Waals surface area contributed by atoms with Crippen LogP contribution >= 0.6 is 0 Å². The topological polar surface area (TPSA) is 12.5 Å². The molecule has 1 nitrogen and oxygen atoms in total. The van der Waals surface area contributed by atoms with Gasteiger partial charge in [0, 0.05) is 0 Å². The van der Waals surface area contributed by atoms with Crippen molar-refractivity contribution >= 4 is 0 Å². The monoisotopic (exact) mass is 57.0 g/mol. The fourth-order valence-electron chi connectivity index (χ4n) is 0.0786. The van der Waals surface area contributed by atoms with Gasteiger partial charge < -0.3 is 4.74 Å². The predicted octanol–water partition coefficient (Wildman–Crippen LogP) is 0.567. The highest BCUT2D eigenvalue weighted by molar-refractivity contribution is 4.76. The number of hydrogen-bond acceptors (Lipinski definition) is 1. The van der Waals surface area contributed by atoms with Crippen molar-refractivity contribution in [1.82, 2.24) is 0 Å². The summed E-state index contributed by atoms with van der Waals surface area (Å²) in [6, 6.07) is 0. The van der Waals surface area contributed by atoms with E-state index in [1.54, 1.807) is 6.61 Å². The summed E-state index contributed by atoms with van der Waals surface area (Å²) in [5.41, 5.74) is 0. The first kappa shape index (κ1) is 2.21. The predicted molar refractivity (Wildman–Crippen MR) is 14.8 cm³/mol. The van der Waals surface area contributed by atoms with E-state index < -0.39 is 0 Å². The molecule has 0 N–H and O–H groups in total. The first-order chi connectivity index (χ1) is 1.89. The van der Waals surface area contributed by atoms with E-state index >= 15 is 0 Å². The molecule has 0 aliphatic carbocycles. The molecule has 1 rings (SSSR count). The third-order valence-electron chi connectivity index (χ3n) is 0.408. The molecule has 0 spiro atoms. The Hall–Kier alpha value is -0.0400. The Morgan fingerprint density at radius 1 is 2.00 bits per heavy atom. The molecule has 0 amide bonds. The maximum Gasteiger partial charge on any atom is 0.112 e. The van der Waals surface area contributed by atoms with Crippen LogP contribution in [0.4, 0.5) is 0 Å². The van der Waals surface area contributed by atoms with Gasteiger partial charge >= 0.3 is 0 Å². The smallest absolute Gasteiger partial charge is 0.112 e. The normalized spacial score (nSPS) is 39.8. The average molecular weight is 57.1 g/mol. The van der Waals surface area contributed by atoms with Gasteiger partial charge in [-0.15, -0.1) is 0 Å². The highest BCUT2D eigenvalue weighted by Crippen LogP contribution is 2.11. The van der Waals surface area contributed by atoms with E-state index in [1.807, 2.05) is 6.92 Å². The fraction of sp³-hybridized carbons (Fsp3) is 0.667. The number of epoxide rings is 1. The zero-order valence-corrected chi connectivity index (χ0v) is 2.56. The molecule has 1 saturated heterocycles. The Kier molecular flexibility index (Phi) is 0.256. The number of hydrogen-bond donors (Lipinski definition) is 0. The Labute approximate surface area is 25.6 Å². The Balaban J connectivity index is 2.17. The van der Waals surface area contributed by atoms with Crippen molar-refractivity contribution in [2.45, 2.75) is 13.0 Å². The van der Waals surface area contributed by atoms with Crippen LogP contribution < -0.4 is 0 Å². The van der Waals surface area contributed by atoms with Gasteiger partial charge in [0.2, 0.25) is 0 Å². The first-order valence-corrected chi connectivity index (χ1v) is 1.38. The maximum absolute atomic E-state index is 4.58. The van der Waals surface area contributed by atoms with Gasteiger partial charge in [0.05, 0.1) is 6.10 Å². The molecule has 1 heteroatoms. The van der Waals surface area contributed by atoms with E-state index in [1.165, 1.54) is 0 Å². The Bertz CT molecular complexity index is 22.5. The molecule has 0 aromatic heterocycles. The van der Waals surface area contributed by atoms with E-state index in [2.05, 4.69) is 4.74 Å². The summed E-state index contributed by atoms with van der Waals surface area (Å²) in [5, 5.41) is 0. The van der Waals surface area contributed by atoms with Crippen molar-refractivity contribution in [2.75, 3.05) is 0 Å². The molecule has 1 heterocycles. The van der Waals surface area contributed by atoms with Crippen LogP contribution in [0.15, 0.2) is 0 Å².